The van der Waals surface area contributed by atoms with E-state index in [4.69, 9.17) is 10.8 Å². The molecule has 4 heteroatoms. The highest BCUT2D eigenvalue weighted by Gasteiger charge is 2.31. The number of nitrogens with zero attached hydrogens (tertiary/aromatic N) is 1. The highest BCUT2D eigenvalue weighted by atomic mass is 16.4. The highest BCUT2D eigenvalue weighted by Crippen LogP contribution is 2.34. The van der Waals surface area contributed by atoms with Gasteiger partial charge in [-0.05, 0) is 31.1 Å². The van der Waals surface area contributed by atoms with Crippen LogP contribution < -0.4 is 5.73 Å². The van der Waals surface area contributed by atoms with Crippen LogP contribution in [0.3, 0.4) is 0 Å². The second kappa shape index (κ2) is 4.49. The Balaban J connectivity index is 1.86. The number of carboxylic acids is 1. The molecular weight excluding hydrogens is 192 g/mol. The maximum absolute atomic E-state index is 10.7. The van der Waals surface area contributed by atoms with Gasteiger partial charge in [0, 0.05) is 19.6 Å². The van der Waals surface area contributed by atoms with Crippen molar-refractivity contribution in [3.05, 3.63) is 0 Å². The predicted octanol–water partition coefficient (Wildman–Crippen LogP) is 0.520. The number of nitrogens with two attached hydrogens (primary N) is 1. The molecule has 1 heterocycles. The van der Waals surface area contributed by atoms with Crippen molar-refractivity contribution in [1.29, 1.82) is 0 Å². The van der Waals surface area contributed by atoms with Crippen LogP contribution in [-0.2, 0) is 4.79 Å². The molecule has 3 unspecified atom stereocenters. The van der Waals surface area contributed by atoms with Crippen LogP contribution in [0.1, 0.15) is 25.7 Å². The van der Waals surface area contributed by atoms with Gasteiger partial charge in [-0.15, -0.1) is 0 Å². The maximum Gasteiger partial charge on any atom is 0.321 e. The van der Waals surface area contributed by atoms with Crippen molar-refractivity contribution in [2.75, 3.05) is 19.6 Å². The molecule has 0 aromatic carbocycles. The molecular formula is C11H20N2O2. The van der Waals surface area contributed by atoms with Crippen LogP contribution >= 0.6 is 0 Å². The van der Waals surface area contributed by atoms with Crippen LogP contribution in [-0.4, -0.2) is 41.7 Å². The summed E-state index contributed by atoms with van der Waals surface area (Å²) in [4.78, 5) is 12.9. The average Bonchev–Trinajstić information content (AvgIpc) is 2.16. The first-order chi connectivity index (χ1) is 7.15. The van der Waals surface area contributed by atoms with Gasteiger partial charge < -0.3 is 15.7 Å². The van der Waals surface area contributed by atoms with Crippen molar-refractivity contribution in [3.8, 4) is 0 Å². The Morgan fingerprint density at radius 1 is 1.40 bits per heavy atom. The minimum atomic E-state index is -0.884. The second-order valence-corrected chi connectivity index (χ2v) is 5.06. The number of fused-ring (bicyclic) bond motifs is 2. The molecule has 3 atom stereocenters. The molecule has 4 nitrogen and oxygen atoms in total. The summed E-state index contributed by atoms with van der Waals surface area (Å²) >= 11 is 0. The summed E-state index contributed by atoms with van der Waals surface area (Å²) in [5.74, 6) is 0.697. The molecule has 86 valence electrons. The van der Waals surface area contributed by atoms with Gasteiger partial charge in [0.15, 0.2) is 0 Å². The molecule has 2 fully saturated rings. The van der Waals surface area contributed by atoms with Crippen LogP contribution in [0.15, 0.2) is 0 Å². The third-order valence-corrected chi connectivity index (χ3v) is 3.70. The molecule has 1 saturated carbocycles. The lowest BCUT2D eigenvalue weighted by atomic mass is 9.78. The number of hydrogen-bond acceptors (Lipinski definition) is 3. The fourth-order valence-electron chi connectivity index (χ4n) is 3.04. The largest absolute Gasteiger partial charge is 0.480 e. The van der Waals surface area contributed by atoms with Crippen molar-refractivity contribution in [2.24, 2.45) is 17.6 Å². The van der Waals surface area contributed by atoms with Crippen molar-refractivity contribution in [2.45, 2.75) is 31.7 Å². The molecule has 0 amide bonds. The van der Waals surface area contributed by atoms with Crippen molar-refractivity contribution >= 4 is 5.97 Å². The minimum Gasteiger partial charge on any atom is -0.480 e. The van der Waals surface area contributed by atoms with Gasteiger partial charge in [0.2, 0.25) is 0 Å². The summed E-state index contributed by atoms with van der Waals surface area (Å²) in [6.45, 7) is 2.62. The van der Waals surface area contributed by atoms with E-state index in [-0.39, 0.29) is 0 Å². The number of carboxylic acid groups (broad SMARTS) is 1. The van der Waals surface area contributed by atoms with E-state index in [1.807, 2.05) is 0 Å². The highest BCUT2D eigenvalue weighted by molar-refractivity contribution is 5.73. The standard InChI is InChI=1S/C11H20N2O2/c12-10(11(14)15)7-13-5-8-2-1-3-9(4-8)6-13/h8-10H,1-7,12H2,(H,14,15). The van der Waals surface area contributed by atoms with Gasteiger partial charge in [-0.3, -0.25) is 4.79 Å². The minimum absolute atomic E-state index is 0.516. The van der Waals surface area contributed by atoms with Gasteiger partial charge in [-0.1, -0.05) is 6.42 Å². The van der Waals surface area contributed by atoms with Crippen LogP contribution in [0.4, 0.5) is 0 Å². The molecule has 0 radical (unpaired) electrons. The summed E-state index contributed by atoms with van der Waals surface area (Å²) in [7, 11) is 0. The number of likely N-dealkylation sites (tertiary alicyclic amines) is 1. The van der Waals surface area contributed by atoms with E-state index in [9.17, 15) is 4.79 Å². The lowest BCUT2D eigenvalue weighted by Crippen LogP contribution is -2.49. The Morgan fingerprint density at radius 3 is 2.53 bits per heavy atom. The number of carbonyl (C=O) groups is 1. The molecule has 1 saturated heterocycles. The number of hydrogen-bond donors (Lipinski definition) is 2. The molecule has 15 heavy (non-hydrogen) atoms. The van der Waals surface area contributed by atoms with Crippen molar-refractivity contribution < 1.29 is 9.90 Å². The molecule has 1 aliphatic carbocycles. The van der Waals surface area contributed by atoms with E-state index in [2.05, 4.69) is 4.90 Å². The Kier molecular flexibility index (Phi) is 3.26. The Bertz CT molecular complexity index is 233. The van der Waals surface area contributed by atoms with E-state index >= 15 is 0 Å². The summed E-state index contributed by atoms with van der Waals surface area (Å²) in [6, 6.07) is -0.719. The zero-order chi connectivity index (χ0) is 10.8. The van der Waals surface area contributed by atoms with Crippen molar-refractivity contribution in [3.63, 3.8) is 0 Å². The van der Waals surface area contributed by atoms with Gasteiger partial charge in [0.05, 0.1) is 0 Å². The van der Waals surface area contributed by atoms with Crippen LogP contribution in [0, 0.1) is 11.8 Å². The van der Waals surface area contributed by atoms with E-state index in [1.54, 1.807) is 0 Å². The number of piperidine rings is 1. The lowest BCUT2D eigenvalue weighted by Gasteiger charge is -2.41. The molecule has 2 aliphatic rings. The fourth-order valence-corrected chi connectivity index (χ4v) is 3.04. The predicted molar refractivity (Wildman–Crippen MR) is 57.5 cm³/mol. The zero-order valence-electron chi connectivity index (χ0n) is 9.06. The second-order valence-electron chi connectivity index (χ2n) is 5.06. The molecule has 0 aromatic heterocycles. The van der Waals surface area contributed by atoms with Gasteiger partial charge >= 0.3 is 5.97 Å². The first-order valence-corrected chi connectivity index (χ1v) is 5.86. The molecule has 3 N–H and O–H groups in total. The van der Waals surface area contributed by atoms with Gasteiger partial charge in [-0.25, -0.2) is 0 Å². The molecule has 2 rings (SSSR count). The average molecular weight is 212 g/mol. The SMILES string of the molecule is NC(CN1CC2CCCC(C2)C1)C(=O)O. The topological polar surface area (TPSA) is 66.6 Å². The van der Waals surface area contributed by atoms with Crippen molar-refractivity contribution in [1.82, 2.24) is 4.90 Å². The Hall–Kier alpha value is -0.610. The third kappa shape index (κ3) is 2.69. The summed E-state index contributed by atoms with van der Waals surface area (Å²) in [5.41, 5.74) is 5.56. The Labute approximate surface area is 90.4 Å². The smallest absolute Gasteiger partial charge is 0.321 e. The molecule has 0 spiro atoms. The van der Waals surface area contributed by atoms with Gasteiger partial charge in [-0.2, -0.15) is 0 Å². The van der Waals surface area contributed by atoms with E-state index in [0.717, 1.165) is 24.9 Å². The first kappa shape index (κ1) is 10.9. The summed E-state index contributed by atoms with van der Waals surface area (Å²) in [6.07, 6.45) is 5.33. The summed E-state index contributed by atoms with van der Waals surface area (Å²) < 4.78 is 0. The maximum atomic E-state index is 10.7. The fraction of sp³-hybridized carbons (Fsp3) is 0.909. The van der Waals surface area contributed by atoms with Crippen LogP contribution in [0.5, 0.6) is 0 Å². The van der Waals surface area contributed by atoms with E-state index < -0.39 is 12.0 Å². The summed E-state index contributed by atoms with van der Waals surface area (Å²) in [5, 5.41) is 8.76. The van der Waals surface area contributed by atoms with Gasteiger partial charge in [0.1, 0.15) is 6.04 Å². The van der Waals surface area contributed by atoms with Gasteiger partial charge in [0.25, 0.3) is 0 Å². The van der Waals surface area contributed by atoms with Crippen LogP contribution in [0.25, 0.3) is 0 Å². The number of aliphatic carboxylic acids is 1. The normalized spacial score (nSPS) is 33.7. The Morgan fingerprint density at radius 2 is 2.00 bits per heavy atom. The van der Waals surface area contributed by atoms with E-state index in [1.165, 1.54) is 25.7 Å². The third-order valence-electron chi connectivity index (χ3n) is 3.70. The first-order valence-electron chi connectivity index (χ1n) is 5.86. The molecule has 2 bridgehead atoms. The van der Waals surface area contributed by atoms with Crippen LogP contribution in [0.2, 0.25) is 0 Å². The zero-order valence-corrected chi connectivity index (χ0v) is 9.06. The molecule has 0 aromatic rings. The van der Waals surface area contributed by atoms with E-state index in [0.29, 0.717) is 6.54 Å². The monoisotopic (exact) mass is 212 g/mol. The quantitative estimate of drug-likeness (QED) is 0.715. The number of rotatable bonds is 3. The molecule has 1 aliphatic heterocycles. The lowest BCUT2D eigenvalue weighted by molar-refractivity contribution is -0.139.